The van der Waals surface area contributed by atoms with E-state index in [2.05, 4.69) is 68.7 Å². The van der Waals surface area contributed by atoms with Gasteiger partial charge in [-0.3, -0.25) is 9.78 Å². The third-order valence-electron chi connectivity index (χ3n) is 6.82. The van der Waals surface area contributed by atoms with Crippen LogP contribution >= 0.6 is 23.5 Å². The summed E-state index contributed by atoms with van der Waals surface area (Å²) >= 11 is 3.50. The minimum atomic E-state index is -0.0927. The number of aromatic nitrogens is 2. The van der Waals surface area contributed by atoms with E-state index in [1.807, 2.05) is 19.2 Å². The molecule has 4 heterocycles. The van der Waals surface area contributed by atoms with Crippen molar-refractivity contribution in [2.75, 3.05) is 50.2 Å². The van der Waals surface area contributed by atoms with Crippen LogP contribution in [0, 0.1) is 6.92 Å². The fourth-order valence-electron chi connectivity index (χ4n) is 4.84. The molecule has 1 fully saturated rings. The van der Waals surface area contributed by atoms with Gasteiger partial charge in [-0.15, -0.1) is 0 Å². The van der Waals surface area contributed by atoms with E-state index in [-0.39, 0.29) is 11.6 Å². The summed E-state index contributed by atoms with van der Waals surface area (Å²) in [4.78, 5) is 27.2. The van der Waals surface area contributed by atoms with Crippen molar-refractivity contribution in [2.45, 2.75) is 32.5 Å². The van der Waals surface area contributed by atoms with Gasteiger partial charge in [0.05, 0.1) is 37.3 Å². The number of H-pyrrole nitrogens is 1. The largest absolute Gasteiger partial charge is 0.382 e. The highest BCUT2D eigenvalue weighted by Crippen LogP contribution is 2.52. The average Bonchev–Trinajstić information content (AvgIpc) is 2.96. The number of morpholine rings is 1. The molecule has 7 nitrogen and oxygen atoms in total. The number of benzene rings is 2. The van der Waals surface area contributed by atoms with E-state index in [0.29, 0.717) is 19.8 Å². The number of nitrogens with one attached hydrogen (secondary N) is 2. The van der Waals surface area contributed by atoms with E-state index in [9.17, 15) is 4.79 Å². The molecule has 0 bridgehead atoms. The second-order valence-electron chi connectivity index (χ2n) is 9.63. The molecule has 6 rings (SSSR count). The highest BCUT2D eigenvalue weighted by molar-refractivity contribution is 8.05. The summed E-state index contributed by atoms with van der Waals surface area (Å²) in [5, 5.41) is 3.61. The summed E-state index contributed by atoms with van der Waals surface area (Å²) in [5.41, 5.74) is 5.82. The monoisotopic (exact) mass is 558 g/mol. The number of pyridine rings is 2. The molecule has 2 aromatic heterocycles. The van der Waals surface area contributed by atoms with Crippen LogP contribution in [-0.2, 0) is 9.47 Å². The molecule has 2 N–H and O–H groups in total. The summed E-state index contributed by atoms with van der Waals surface area (Å²) in [6.45, 7) is 5.48. The van der Waals surface area contributed by atoms with E-state index in [4.69, 9.17) is 9.47 Å². The summed E-state index contributed by atoms with van der Waals surface area (Å²) < 4.78 is 11.0. The summed E-state index contributed by atoms with van der Waals surface area (Å²) in [5.74, 6) is 0. The number of hydrogen-bond donors (Lipinski definition) is 2. The van der Waals surface area contributed by atoms with E-state index < -0.39 is 0 Å². The Hall–Kier alpha value is -3.24. The first-order valence-electron chi connectivity index (χ1n) is 13.0. The maximum absolute atomic E-state index is 12.6. The molecule has 2 aliphatic heterocycles. The Labute approximate surface area is 236 Å². The Morgan fingerprint density at radius 3 is 2.72 bits per heavy atom. The van der Waals surface area contributed by atoms with Gasteiger partial charge < -0.3 is 24.7 Å². The minimum absolute atomic E-state index is 0.0515. The molecule has 1 saturated heterocycles. The zero-order valence-corrected chi connectivity index (χ0v) is 23.5. The van der Waals surface area contributed by atoms with Gasteiger partial charge in [-0.1, -0.05) is 41.7 Å². The topological polar surface area (TPSA) is 79.5 Å². The number of rotatable bonds is 7. The van der Waals surface area contributed by atoms with Crippen molar-refractivity contribution >= 4 is 34.9 Å². The lowest BCUT2D eigenvalue weighted by molar-refractivity contribution is 0.122. The van der Waals surface area contributed by atoms with Crippen LogP contribution in [-0.4, -0.2) is 50.0 Å². The van der Waals surface area contributed by atoms with E-state index >= 15 is 0 Å². The number of anilines is 2. The second kappa shape index (κ2) is 11.5. The molecule has 0 amide bonds. The molecule has 2 aliphatic rings. The van der Waals surface area contributed by atoms with Crippen LogP contribution in [0.4, 0.5) is 11.4 Å². The lowest BCUT2D eigenvalue weighted by Crippen LogP contribution is -2.36. The van der Waals surface area contributed by atoms with Crippen LogP contribution in [0.1, 0.15) is 17.3 Å². The van der Waals surface area contributed by atoms with E-state index in [1.54, 1.807) is 36.7 Å². The summed E-state index contributed by atoms with van der Waals surface area (Å²) in [7, 11) is 1.71. The zero-order chi connectivity index (χ0) is 26.8. The van der Waals surface area contributed by atoms with Gasteiger partial charge in [-0.2, -0.15) is 0 Å². The number of aromatic amines is 1. The Morgan fingerprint density at radius 2 is 1.92 bits per heavy atom. The summed E-state index contributed by atoms with van der Waals surface area (Å²) in [6.07, 6.45) is 1.89. The SMILES string of the molecule is COCC(Nc1ccc2c(c1)Sc1cccc(-c3cc(N4CCOCC4)cc(=O)[nH]3)c1S2)c1ccc(C)cn1. The number of fused-ring (bicyclic) bond motifs is 2. The van der Waals surface area contributed by atoms with Gasteiger partial charge in [-0.25, -0.2) is 0 Å². The molecule has 0 aliphatic carbocycles. The smallest absolute Gasteiger partial charge is 0.250 e. The second-order valence-corrected chi connectivity index (χ2v) is 11.8. The third kappa shape index (κ3) is 5.72. The Morgan fingerprint density at radius 1 is 1.05 bits per heavy atom. The van der Waals surface area contributed by atoms with Crippen LogP contribution in [0.5, 0.6) is 0 Å². The molecule has 1 atom stereocenters. The van der Waals surface area contributed by atoms with Gasteiger partial charge >= 0.3 is 0 Å². The highest BCUT2D eigenvalue weighted by Gasteiger charge is 2.23. The van der Waals surface area contributed by atoms with Crippen molar-refractivity contribution in [2.24, 2.45) is 0 Å². The maximum atomic E-state index is 12.6. The standard InChI is InChI=1S/C30H30N4O3S2/c1-19-6-8-23(31-17-19)25(18-36-2)32-20-7-9-26-28(14-20)38-27-5-3-4-22(30(27)39-26)24-15-21(16-29(35)33-24)34-10-12-37-13-11-34/h3-9,14-17,25,32H,10-13,18H2,1-2H3,(H,33,35). The number of nitrogens with zero attached hydrogens (tertiary/aromatic N) is 2. The molecule has 9 heteroatoms. The number of methoxy groups -OCH3 is 1. The highest BCUT2D eigenvalue weighted by atomic mass is 32.2. The first-order valence-corrected chi connectivity index (χ1v) is 14.6. The number of ether oxygens (including phenoxy) is 2. The predicted molar refractivity (Wildman–Crippen MR) is 157 cm³/mol. The molecule has 2 aromatic carbocycles. The summed E-state index contributed by atoms with van der Waals surface area (Å²) in [6, 6.07) is 20.6. The van der Waals surface area contributed by atoms with Crippen LogP contribution in [0.15, 0.2) is 91.2 Å². The lowest BCUT2D eigenvalue weighted by Gasteiger charge is -2.29. The van der Waals surface area contributed by atoms with Gasteiger partial charge in [0, 0.05) is 69.0 Å². The first kappa shape index (κ1) is 26.0. The van der Waals surface area contributed by atoms with Crippen molar-refractivity contribution in [3.63, 3.8) is 0 Å². The first-order chi connectivity index (χ1) is 19.1. The van der Waals surface area contributed by atoms with Crippen LogP contribution < -0.4 is 15.8 Å². The quantitative estimate of drug-likeness (QED) is 0.252. The van der Waals surface area contributed by atoms with E-state index in [1.165, 1.54) is 14.7 Å². The van der Waals surface area contributed by atoms with Gasteiger partial charge in [0.2, 0.25) is 5.56 Å². The molecular weight excluding hydrogens is 528 g/mol. The molecule has 4 aromatic rings. The molecule has 0 radical (unpaired) electrons. The molecule has 200 valence electrons. The molecule has 0 saturated carbocycles. The van der Waals surface area contributed by atoms with Gasteiger partial charge in [0.1, 0.15) is 0 Å². The van der Waals surface area contributed by atoms with Crippen LogP contribution in [0.25, 0.3) is 11.3 Å². The Kier molecular flexibility index (Phi) is 7.65. The molecule has 1 unspecified atom stereocenters. The number of aryl methyl sites for hydroxylation is 1. The maximum Gasteiger partial charge on any atom is 0.250 e. The van der Waals surface area contributed by atoms with Gasteiger partial charge in [0.25, 0.3) is 0 Å². The van der Waals surface area contributed by atoms with Crippen molar-refractivity contribution in [3.05, 3.63) is 88.5 Å². The van der Waals surface area contributed by atoms with Gasteiger partial charge in [-0.05, 0) is 48.9 Å². The normalized spacial score (nSPS) is 15.4. The fourth-order valence-corrected chi connectivity index (χ4v) is 7.25. The molecule has 39 heavy (non-hydrogen) atoms. The van der Waals surface area contributed by atoms with E-state index in [0.717, 1.165) is 51.9 Å². The average molecular weight is 559 g/mol. The zero-order valence-electron chi connectivity index (χ0n) is 21.9. The Balaban J connectivity index is 1.27. The minimum Gasteiger partial charge on any atom is -0.382 e. The van der Waals surface area contributed by atoms with Crippen LogP contribution in [0.3, 0.4) is 0 Å². The third-order valence-corrected chi connectivity index (χ3v) is 9.41. The molecular formula is C30H30N4O3S2. The van der Waals surface area contributed by atoms with Crippen molar-refractivity contribution in [3.8, 4) is 11.3 Å². The fraction of sp³-hybridized carbons (Fsp3) is 0.267. The molecule has 0 spiro atoms. The predicted octanol–water partition coefficient (Wildman–Crippen LogP) is 6.00. The number of hydrogen-bond acceptors (Lipinski definition) is 8. The Bertz CT molecular complexity index is 1530. The van der Waals surface area contributed by atoms with Crippen molar-refractivity contribution in [1.82, 2.24) is 9.97 Å². The lowest BCUT2D eigenvalue weighted by atomic mass is 10.1. The van der Waals surface area contributed by atoms with Crippen molar-refractivity contribution < 1.29 is 9.47 Å². The van der Waals surface area contributed by atoms with Crippen LogP contribution in [0.2, 0.25) is 0 Å². The van der Waals surface area contributed by atoms with Gasteiger partial charge in [0.15, 0.2) is 0 Å². The van der Waals surface area contributed by atoms with Crippen molar-refractivity contribution in [1.29, 1.82) is 0 Å².